The Hall–Kier alpha value is -3.01. The molecule has 0 spiro atoms. The van der Waals surface area contributed by atoms with E-state index in [1.807, 2.05) is 45.0 Å². The highest BCUT2D eigenvalue weighted by molar-refractivity contribution is 5.68. The second-order valence-corrected chi connectivity index (χ2v) is 7.65. The summed E-state index contributed by atoms with van der Waals surface area (Å²) in [7, 11) is 0. The van der Waals surface area contributed by atoms with E-state index in [1.165, 1.54) is 0 Å². The number of nitrogens with one attached hydrogen (secondary N) is 1. The van der Waals surface area contributed by atoms with Crippen LogP contribution in [0.4, 0.5) is 25.2 Å². The highest BCUT2D eigenvalue weighted by atomic mass is 19.3. The smallest absolute Gasteiger partial charge is 0.410 e. The van der Waals surface area contributed by atoms with Crippen molar-refractivity contribution in [3.63, 3.8) is 0 Å². The van der Waals surface area contributed by atoms with Crippen molar-refractivity contribution in [2.24, 2.45) is 0 Å². The van der Waals surface area contributed by atoms with E-state index in [-0.39, 0.29) is 23.9 Å². The van der Waals surface area contributed by atoms with E-state index in [1.54, 1.807) is 4.90 Å². The number of hydrogen-bond donors (Lipinski definition) is 1. The predicted octanol–water partition coefficient (Wildman–Crippen LogP) is 4.13. The molecular formula is C20H24F2N4O4. The first-order valence-electron chi connectivity index (χ1n) is 9.43. The number of aromatic nitrogens is 2. The summed E-state index contributed by atoms with van der Waals surface area (Å²) in [6.45, 7) is 3.87. The number of benzene rings is 1. The zero-order chi connectivity index (χ0) is 21.7. The Bertz CT molecular complexity index is 841. The van der Waals surface area contributed by atoms with Crippen LogP contribution in [0.3, 0.4) is 0 Å². The van der Waals surface area contributed by atoms with E-state index in [0.717, 1.165) is 18.0 Å². The largest absolute Gasteiger partial charge is 0.444 e. The van der Waals surface area contributed by atoms with Gasteiger partial charge in [-0.05, 0) is 38.5 Å². The number of hydrogen-bond acceptors (Lipinski definition) is 7. The Morgan fingerprint density at radius 3 is 2.50 bits per heavy atom. The van der Waals surface area contributed by atoms with Crippen LogP contribution in [0.2, 0.25) is 0 Å². The minimum atomic E-state index is -2.92. The Morgan fingerprint density at radius 1 is 1.23 bits per heavy atom. The van der Waals surface area contributed by atoms with Crippen LogP contribution in [-0.4, -0.2) is 52.9 Å². The van der Waals surface area contributed by atoms with E-state index >= 15 is 0 Å². The number of carbonyl (C=O) groups is 1. The van der Waals surface area contributed by atoms with Gasteiger partial charge in [0.1, 0.15) is 11.7 Å². The maximum absolute atomic E-state index is 12.3. The number of ether oxygens (including phenoxy) is 3. The minimum Gasteiger partial charge on any atom is -0.444 e. The highest BCUT2D eigenvalue weighted by Gasteiger charge is 2.28. The number of anilines is 2. The monoisotopic (exact) mass is 422 g/mol. The van der Waals surface area contributed by atoms with Crippen molar-refractivity contribution in [2.75, 3.05) is 25.0 Å². The molecule has 2 aromatic rings. The molecule has 0 saturated carbocycles. The maximum Gasteiger partial charge on any atom is 0.410 e. The van der Waals surface area contributed by atoms with Crippen LogP contribution in [0.5, 0.6) is 5.75 Å². The maximum atomic E-state index is 12.3. The van der Waals surface area contributed by atoms with Crippen molar-refractivity contribution >= 4 is 17.7 Å². The Balaban J connectivity index is 1.59. The average molecular weight is 422 g/mol. The topological polar surface area (TPSA) is 85.8 Å². The zero-order valence-corrected chi connectivity index (χ0v) is 17.0. The molecule has 1 fully saturated rings. The van der Waals surface area contributed by atoms with Gasteiger partial charge >= 0.3 is 12.7 Å². The molecule has 1 aliphatic rings. The molecule has 30 heavy (non-hydrogen) atoms. The van der Waals surface area contributed by atoms with Crippen LogP contribution in [0.15, 0.2) is 36.7 Å². The fraction of sp³-hybridized carbons (Fsp3) is 0.450. The van der Waals surface area contributed by atoms with Gasteiger partial charge in [-0.15, -0.1) is 0 Å². The van der Waals surface area contributed by atoms with Gasteiger partial charge in [-0.1, -0.05) is 12.1 Å². The molecule has 1 saturated heterocycles. The number of rotatable bonds is 5. The van der Waals surface area contributed by atoms with Crippen LogP contribution < -0.4 is 10.1 Å². The Kier molecular flexibility index (Phi) is 6.66. The van der Waals surface area contributed by atoms with Gasteiger partial charge in [0.05, 0.1) is 25.5 Å². The van der Waals surface area contributed by atoms with Crippen molar-refractivity contribution in [1.29, 1.82) is 0 Å². The average Bonchev–Trinajstić information content (AvgIpc) is 2.68. The molecule has 0 unspecified atom stereocenters. The summed E-state index contributed by atoms with van der Waals surface area (Å²) in [5.41, 5.74) is 1.07. The lowest BCUT2D eigenvalue weighted by Gasteiger charge is -2.34. The third-order valence-corrected chi connectivity index (χ3v) is 4.11. The van der Waals surface area contributed by atoms with Gasteiger partial charge in [0.2, 0.25) is 5.95 Å². The molecule has 0 radical (unpaired) electrons. The van der Waals surface area contributed by atoms with E-state index in [4.69, 9.17) is 9.47 Å². The van der Waals surface area contributed by atoms with Crippen LogP contribution in [-0.2, 0) is 9.47 Å². The predicted molar refractivity (Wildman–Crippen MR) is 105 cm³/mol. The summed E-state index contributed by atoms with van der Waals surface area (Å²) >= 11 is 0. The molecule has 8 nitrogen and oxygen atoms in total. The molecule has 1 amide bonds. The summed E-state index contributed by atoms with van der Waals surface area (Å²) in [5, 5.41) is 2.98. The van der Waals surface area contributed by atoms with E-state index < -0.39 is 12.2 Å². The van der Waals surface area contributed by atoms with E-state index in [0.29, 0.717) is 25.4 Å². The van der Waals surface area contributed by atoms with Crippen LogP contribution in [0.1, 0.15) is 32.4 Å². The summed E-state index contributed by atoms with van der Waals surface area (Å²) in [5.74, 6) is 0.129. The minimum absolute atomic E-state index is 0.116. The molecule has 1 aromatic carbocycles. The van der Waals surface area contributed by atoms with Crippen LogP contribution >= 0.6 is 0 Å². The molecule has 2 heterocycles. The van der Waals surface area contributed by atoms with Gasteiger partial charge in [-0.3, -0.25) is 0 Å². The first-order valence-corrected chi connectivity index (χ1v) is 9.43. The number of nitrogens with zero attached hydrogens (tertiary/aromatic N) is 3. The summed E-state index contributed by atoms with van der Waals surface area (Å²) < 4.78 is 39.8. The molecule has 162 valence electrons. The van der Waals surface area contributed by atoms with Crippen molar-refractivity contribution in [2.45, 2.75) is 39.1 Å². The van der Waals surface area contributed by atoms with Gasteiger partial charge < -0.3 is 24.4 Å². The summed E-state index contributed by atoms with van der Waals surface area (Å²) in [6.07, 6.45) is 1.71. The van der Waals surface area contributed by atoms with E-state index in [9.17, 15) is 13.6 Å². The van der Waals surface area contributed by atoms with Crippen molar-refractivity contribution in [1.82, 2.24) is 14.9 Å². The lowest BCUT2D eigenvalue weighted by atomic mass is 10.1. The third kappa shape index (κ3) is 6.24. The van der Waals surface area contributed by atoms with Gasteiger partial charge in [-0.25, -0.2) is 14.8 Å². The van der Waals surface area contributed by atoms with Crippen molar-refractivity contribution in [3.8, 4) is 5.75 Å². The molecular weight excluding hydrogens is 398 g/mol. The molecule has 0 aliphatic carbocycles. The molecule has 3 rings (SSSR count). The van der Waals surface area contributed by atoms with Gasteiger partial charge in [0.25, 0.3) is 0 Å². The lowest BCUT2D eigenvalue weighted by Crippen LogP contribution is -2.44. The number of morpholine rings is 1. The van der Waals surface area contributed by atoms with Crippen LogP contribution in [0, 0.1) is 0 Å². The second-order valence-electron chi connectivity index (χ2n) is 7.65. The normalized spacial score (nSPS) is 17.0. The summed E-state index contributed by atoms with van der Waals surface area (Å²) in [6, 6.07) is 7.38. The standard InChI is InChI=1S/C20H24F2N4O4/c1-20(2,3)30-19(27)26-8-9-28-16(12-26)13-4-6-14(7-5-13)25-18-23-10-15(11-24-18)29-17(21)22/h4-7,10-11,16-17H,8-9,12H2,1-3H3,(H,23,24,25)/t16-/m0/s1. The quantitative estimate of drug-likeness (QED) is 0.775. The molecule has 0 bridgehead atoms. The van der Waals surface area contributed by atoms with Gasteiger partial charge in [0, 0.05) is 12.2 Å². The van der Waals surface area contributed by atoms with Gasteiger partial charge in [-0.2, -0.15) is 8.78 Å². The van der Waals surface area contributed by atoms with Crippen LogP contribution in [0.25, 0.3) is 0 Å². The lowest BCUT2D eigenvalue weighted by molar-refractivity contribution is -0.0503. The number of alkyl halides is 2. The number of halogens is 2. The van der Waals surface area contributed by atoms with Gasteiger partial charge in [0.15, 0.2) is 5.75 Å². The second kappa shape index (κ2) is 9.21. The molecule has 1 atom stereocenters. The highest BCUT2D eigenvalue weighted by Crippen LogP contribution is 2.25. The Labute approximate surface area is 173 Å². The Morgan fingerprint density at radius 2 is 1.90 bits per heavy atom. The molecule has 1 aromatic heterocycles. The first kappa shape index (κ1) is 21.7. The fourth-order valence-corrected chi connectivity index (χ4v) is 2.80. The molecule has 1 N–H and O–H groups in total. The van der Waals surface area contributed by atoms with Crippen molar-refractivity contribution in [3.05, 3.63) is 42.2 Å². The summed E-state index contributed by atoms with van der Waals surface area (Å²) in [4.78, 5) is 21.8. The fourth-order valence-electron chi connectivity index (χ4n) is 2.80. The first-order chi connectivity index (χ1) is 14.2. The van der Waals surface area contributed by atoms with E-state index in [2.05, 4.69) is 20.0 Å². The SMILES string of the molecule is CC(C)(C)OC(=O)N1CCO[C@H](c2ccc(Nc3ncc(OC(F)F)cn3)cc2)C1. The number of amides is 1. The number of carbonyl (C=O) groups excluding carboxylic acids is 1. The third-order valence-electron chi connectivity index (χ3n) is 4.11. The molecule has 1 aliphatic heterocycles. The molecule has 10 heteroatoms. The zero-order valence-electron chi connectivity index (χ0n) is 17.0. The van der Waals surface area contributed by atoms with Crippen molar-refractivity contribution < 1.29 is 27.8 Å².